The van der Waals surface area contributed by atoms with Crippen molar-refractivity contribution >= 4 is 12.0 Å². The number of hydrogen-bond donors (Lipinski definition) is 0. The van der Waals surface area contributed by atoms with Crippen LogP contribution in [0.15, 0.2) is 0 Å². The van der Waals surface area contributed by atoms with Gasteiger partial charge < -0.3 is 14.5 Å². The lowest BCUT2D eigenvalue weighted by atomic mass is 9.97. The molecule has 0 spiro atoms. The van der Waals surface area contributed by atoms with E-state index < -0.39 is 0 Å². The number of hydrogen-bond acceptors (Lipinski definition) is 3. The zero-order chi connectivity index (χ0) is 13.8. The average Bonchev–Trinajstić information content (AvgIpc) is 2.46. The SMILES string of the molecule is COC(=O)[C@H]1CCCN(C(=O)N2CCC(C)CC2)C1. The number of esters is 1. The summed E-state index contributed by atoms with van der Waals surface area (Å²) < 4.78 is 4.79. The van der Waals surface area contributed by atoms with Gasteiger partial charge in [0, 0.05) is 26.2 Å². The van der Waals surface area contributed by atoms with Crippen molar-refractivity contribution in [1.29, 1.82) is 0 Å². The van der Waals surface area contributed by atoms with Crippen LogP contribution in [0.25, 0.3) is 0 Å². The molecule has 5 nitrogen and oxygen atoms in total. The molecule has 0 aromatic carbocycles. The second-order valence-electron chi connectivity index (χ2n) is 5.76. The molecule has 0 saturated carbocycles. The normalized spacial score (nSPS) is 25.3. The van der Waals surface area contributed by atoms with Gasteiger partial charge in [0.1, 0.15) is 0 Å². The van der Waals surface area contributed by atoms with Gasteiger partial charge in [-0.2, -0.15) is 0 Å². The van der Waals surface area contributed by atoms with Crippen LogP contribution in [0.1, 0.15) is 32.6 Å². The Bertz CT molecular complexity index is 338. The maximum absolute atomic E-state index is 12.4. The number of piperidine rings is 2. The van der Waals surface area contributed by atoms with Crippen LogP contribution >= 0.6 is 0 Å². The highest BCUT2D eigenvalue weighted by molar-refractivity contribution is 5.77. The van der Waals surface area contributed by atoms with E-state index in [1.54, 1.807) is 0 Å². The summed E-state index contributed by atoms with van der Waals surface area (Å²) in [7, 11) is 1.41. The molecule has 2 heterocycles. The van der Waals surface area contributed by atoms with Crippen molar-refractivity contribution in [1.82, 2.24) is 9.80 Å². The predicted molar refractivity (Wildman–Crippen MR) is 71.7 cm³/mol. The molecule has 0 unspecified atom stereocenters. The molecular formula is C14H24N2O3. The van der Waals surface area contributed by atoms with Gasteiger partial charge in [-0.1, -0.05) is 6.92 Å². The molecular weight excluding hydrogens is 244 g/mol. The highest BCUT2D eigenvalue weighted by atomic mass is 16.5. The Morgan fingerprint density at radius 1 is 1.05 bits per heavy atom. The van der Waals surface area contributed by atoms with Gasteiger partial charge in [-0.3, -0.25) is 4.79 Å². The van der Waals surface area contributed by atoms with Gasteiger partial charge >= 0.3 is 12.0 Å². The highest BCUT2D eigenvalue weighted by Crippen LogP contribution is 2.22. The van der Waals surface area contributed by atoms with Crippen molar-refractivity contribution in [3.63, 3.8) is 0 Å². The van der Waals surface area contributed by atoms with Crippen LogP contribution in [0.4, 0.5) is 4.79 Å². The van der Waals surface area contributed by atoms with E-state index in [0.717, 1.165) is 45.3 Å². The van der Waals surface area contributed by atoms with E-state index in [1.165, 1.54) is 7.11 Å². The van der Waals surface area contributed by atoms with Crippen molar-refractivity contribution in [3.8, 4) is 0 Å². The summed E-state index contributed by atoms with van der Waals surface area (Å²) in [6.07, 6.45) is 3.88. The smallest absolute Gasteiger partial charge is 0.320 e. The zero-order valence-corrected chi connectivity index (χ0v) is 11.9. The van der Waals surface area contributed by atoms with Crippen LogP contribution in [0.3, 0.4) is 0 Å². The van der Waals surface area contributed by atoms with Crippen molar-refractivity contribution in [3.05, 3.63) is 0 Å². The maximum atomic E-state index is 12.4. The summed E-state index contributed by atoms with van der Waals surface area (Å²) in [6.45, 7) is 5.20. The molecule has 2 amide bonds. The third-order valence-electron chi connectivity index (χ3n) is 4.28. The van der Waals surface area contributed by atoms with Gasteiger partial charge in [-0.05, 0) is 31.6 Å². The molecule has 5 heteroatoms. The van der Waals surface area contributed by atoms with E-state index in [9.17, 15) is 9.59 Å². The van der Waals surface area contributed by atoms with Crippen LogP contribution in [0, 0.1) is 11.8 Å². The lowest BCUT2D eigenvalue weighted by Crippen LogP contribution is -2.50. The monoisotopic (exact) mass is 268 g/mol. The van der Waals surface area contributed by atoms with E-state index in [2.05, 4.69) is 6.92 Å². The molecule has 0 aromatic rings. The highest BCUT2D eigenvalue weighted by Gasteiger charge is 2.32. The average molecular weight is 268 g/mol. The fraction of sp³-hybridized carbons (Fsp3) is 0.857. The maximum Gasteiger partial charge on any atom is 0.320 e. The molecule has 0 bridgehead atoms. The molecule has 0 radical (unpaired) electrons. The number of methoxy groups -OCH3 is 1. The van der Waals surface area contributed by atoms with Gasteiger partial charge in [0.15, 0.2) is 0 Å². The number of likely N-dealkylation sites (tertiary alicyclic amines) is 2. The van der Waals surface area contributed by atoms with E-state index >= 15 is 0 Å². The molecule has 0 aromatic heterocycles. The summed E-state index contributed by atoms with van der Waals surface area (Å²) >= 11 is 0. The van der Waals surface area contributed by atoms with Crippen LogP contribution in [0.2, 0.25) is 0 Å². The quantitative estimate of drug-likeness (QED) is 0.680. The summed E-state index contributed by atoms with van der Waals surface area (Å²) in [5, 5.41) is 0. The Hall–Kier alpha value is -1.26. The van der Waals surface area contributed by atoms with E-state index in [0.29, 0.717) is 12.5 Å². The Morgan fingerprint density at radius 3 is 2.37 bits per heavy atom. The van der Waals surface area contributed by atoms with Crippen molar-refractivity contribution in [2.45, 2.75) is 32.6 Å². The molecule has 2 saturated heterocycles. The Morgan fingerprint density at radius 2 is 1.74 bits per heavy atom. The first-order chi connectivity index (χ1) is 9.11. The number of nitrogens with zero attached hydrogens (tertiary/aromatic N) is 2. The molecule has 1 atom stereocenters. The Labute approximate surface area is 114 Å². The minimum Gasteiger partial charge on any atom is -0.469 e. The van der Waals surface area contributed by atoms with Gasteiger partial charge in [-0.25, -0.2) is 4.79 Å². The molecule has 19 heavy (non-hydrogen) atoms. The van der Waals surface area contributed by atoms with E-state index in [4.69, 9.17) is 4.74 Å². The fourth-order valence-corrected chi connectivity index (χ4v) is 2.91. The van der Waals surface area contributed by atoms with E-state index in [1.807, 2.05) is 9.80 Å². The van der Waals surface area contributed by atoms with Gasteiger partial charge in [0.25, 0.3) is 0 Å². The van der Waals surface area contributed by atoms with Crippen LogP contribution in [0.5, 0.6) is 0 Å². The molecule has 0 N–H and O–H groups in total. The number of carbonyl (C=O) groups excluding carboxylic acids is 2. The largest absolute Gasteiger partial charge is 0.469 e. The second kappa shape index (κ2) is 6.26. The Kier molecular flexibility index (Phi) is 4.66. The first-order valence-corrected chi connectivity index (χ1v) is 7.23. The number of rotatable bonds is 1. The zero-order valence-electron chi connectivity index (χ0n) is 11.9. The summed E-state index contributed by atoms with van der Waals surface area (Å²) in [5.74, 6) is 0.379. The number of urea groups is 1. The standard InChI is InChI=1S/C14H24N2O3/c1-11-5-8-15(9-6-11)14(18)16-7-3-4-12(10-16)13(17)19-2/h11-12H,3-10H2,1-2H3/t12-/m0/s1. The van der Waals surface area contributed by atoms with Gasteiger partial charge in [-0.15, -0.1) is 0 Å². The summed E-state index contributed by atoms with van der Waals surface area (Å²) in [5.41, 5.74) is 0. The topological polar surface area (TPSA) is 49.9 Å². The van der Waals surface area contributed by atoms with Crippen LogP contribution < -0.4 is 0 Å². The molecule has 0 aliphatic carbocycles. The first kappa shape index (κ1) is 14.2. The molecule has 108 valence electrons. The van der Waals surface area contributed by atoms with Crippen LogP contribution in [-0.2, 0) is 9.53 Å². The first-order valence-electron chi connectivity index (χ1n) is 7.23. The summed E-state index contributed by atoms with van der Waals surface area (Å²) in [6, 6.07) is 0.0977. The molecule has 2 aliphatic heterocycles. The third-order valence-corrected chi connectivity index (χ3v) is 4.28. The second-order valence-corrected chi connectivity index (χ2v) is 5.76. The number of amides is 2. The lowest BCUT2D eigenvalue weighted by molar-refractivity contribution is -0.146. The predicted octanol–water partition coefficient (Wildman–Crippen LogP) is 1.72. The van der Waals surface area contributed by atoms with E-state index in [-0.39, 0.29) is 17.9 Å². The van der Waals surface area contributed by atoms with Crippen molar-refractivity contribution in [2.75, 3.05) is 33.3 Å². The minimum absolute atomic E-state index is 0.0977. The van der Waals surface area contributed by atoms with Gasteiger partial charge in [0.05, 0.1) is 13.0 Å². The van der Waals surface area contributed by atoms with Crippen molar-refractivity contribution < 1.29 is 14.3 Å². The third kappa shape index (κ3) is 3.39. The molecule has 2 aliphatic rings. The number of ether oxygens (including phenoxy) is 1. The minimum atomic E-state index is -0.190. The van der Waals surface area contributed by atoms with Crippen molar-refractivity contribution in [2.24, 2.45) is 11.8 Å². The van der Waals surface area contributed by atoms with Crippen LogP contribution in [-0.4, -0.2) is 55.1 Å². The Balaban J connectivity index is 1.90. The molecule has 2 fully saturated rings. The summed E-state index contributed by atoms with van der Waals surface area (Å²) in [4.78, 5) is 27.7. The number of carbonyl (C=O) groups is 2. The lowest BCUT2D eigenvalue weighted by Gasteiger charge is -2.38. The molecule has 2 rings (SSSR count). The fourth-order valence-electron chi connectivity index (χ4n) is 2.91. The van der Waals surface area contributed by atoms with Gasteiger partial charge in [0.2, 0.25) is 0 Å².